The molecule has 0 aliphatic carbocycles. The Morgan fingerprint density at radius 2 is 1.86 bits per heavy atom. The molecule has 0 saturated heterocycles. The monoisotopic (exact) mass is 296 g/mol. The van der Waals surface area contributed by atoms with Crippen molar-refractivity contribution in [3.63, 3.8) is 0 Å². The summed E-state index contributed by atoms with van der Waals surface area (Å²) in [5.41, 5.74) is 0. The molecule has 1 rings (SSSR count). The molecule has 1 aromatic heterocycles. The number of aromatic nitrogens is 1. The minimum atomic E-state index is -1.18. The second kappa shape index (κ2) is 7.53. The zero-order chi connectivity index (χ0) is 11.0. The summed E-state index contributed by atoms with van der Waals surface area (Å²) in [6.45, 7) is 6.82. The second-order valence-electron chi connectivity index (χ2n) is 3.70. The minimum absolute atomic E-state index is 0.382. The Morgan fingerprint density at radius 3 is 2.21 bits per heavy atom. The fourth-order valence-electron chi connectivity index (χ4n) is 0.875. The van der Waals surface area contributed by atoms with Gasteiger partial charge in [-0.15, -0.1) is 0 Å². The average Bonchev–Trinajstić information content (AvgIpc) is 2.04. The van der Waals surface area contributed by atoms with Gasteiger partial charge in [0.2, 0.25) is 8.24 Å². The van der Waals surface area contributed by atoms with E-state index in [-0.39, 0.29) is 0 Å². The van der Waals surface area contributed by atoms with Crippen molar-refractivity contribution >= 4 is 34.3 Å². The molecule has 0 spiro atoms. The van der Waals surface area contributed by atoms with E-state index >= 15 is 0 Å². The van der Waals surface area contributed by atoms with Gasteiger partial charge in [0.15, 0.2) is 0 Å². The third-order valence-electron chi connectivity index (χ3n) is 1.22. The first kappa shape index (κ1) is 14.3. The summed E-state index contributed by atoms with van der Waals surface area (Å²) in [6.07, 6.45) is 1.93. The van der Waals surface area contributed by atoms with Crippen molar-refractivity contribution in [3.05, 3.63) is 24.4 Å². The summed E-state index contributed by atoms with van der Waals surface area (Å²) in [4.78, 5) is 6.61. The van der Waals surface area contributed by atoms with Crippen LogP contribution in [-0.4, -0.2) is 8.24 Å². The van der Waals surface area contributed by atoms with Gasteiger partial charge in [-0.3, -0.25) is 0 Å². The van der Waals surface area contributed by atoms with Crippen molar-refractivity contribution in [1.82, 2.24) is 0 Å². The van der Waals surface area contributed by atoms with Crippen LogP contribution in [0.5, 0.6) is 0 Å². The van der Waals surface area contributed by atoms with Crippen LogP contribution in [0.3, 0.4) is 0 Å². The molecule has 0 bridgehead atoms. The maximum atomic E-state index is 4.73. The first-order valence-corrected chi connectivity index (χ1v) is 10.4. The molecule has 1 heterocycles. The molecule has 0 radical (unpaired) electrons. The van der Waals surface area contributed by atoms with Crippen LogP contribution in [-0.2, 0) is 12.9 Å². The van der Waals surface area contributed by atoms with Gasteiger partial charge in [-0.25, -0.2) is 4.98 Å². The molecule has 0 saturated carbocycles. The van der Waals surface area contributed by atoms with Crippen molar-refractivity contribution in [1.29, 1.82) is 0 Å². The number of anilines is 1. The Labute approximate surface area is 101 Å². The third-order valence-corrected chi connectivity index (χ3v) is 2.24. The van der Waals surface area contributed by atoms with Gasteiger partial charge < -0.3 is 4.98 Å². The molecular weight excluding hydrogens is 282 g/mol. The van der Waals surface area contributed by atoms with Crippen LogP contribution in [0.2, 0.25) is 19.6 Å². The summed E-state index contributed by atoms with van der Waals surface area (Å²) in [5, 5.41) is 0. The third kappa shape index (κ3) is 8.83. The number of hydrogen-bond acceptors (Lipinski definition) is 1. The summed E-state index contributed by atoms with van der Waals surface area (Å²) in [5.74, 6) is 1.12. The van der Waals surface area contributed by atoms with Gasteiger partial charge in [-0.1, -0.05) is 6.07 Å². The Balaban J connectivity index is 0.000000500. The molecule has 0 aliphatic heterocycles. The Morgan fingerprint density at radius 1 is 1.29 bits per heavy atom. The second-order valence-corrected chi connectivity index (χ2v) is 10.2. The van der Waals surface area contributed by atoms with E-state index < -0.39 is 8.24 Å². The van der Waals surface area contributed by atoms with Gasteiger partial charge in [-0.05, 0) is 25.7 Å². The zero-order valence-corrected chi connectivity index (χ0v) is 12.0. The number of halogens is 2. The van der Waals surface area contributed by atoms with E-state index in [0.717, 1.165) is 5.82 Å². The molecule has 0 unspecified atom stereocenters. The van der Waals surface area contributed by atoms with Gasteiger partial charge in [0.05, 0.1) is 6.20 Å². The molecule has 14 heavy (non-hydrogen) atoms. The normalized spacial score (nSPS) is 10.4. The van der Waals surface area contributed by atoms with E-state index in [1.807, 2.05) is 18.3 Å². The maximum absolute atomic E-state index is 4.73. The Hall–Kier alpha value is 0.253. The Bertz CT molecular complexity index is 241. The van der Waals surface area contributed by atoms with E-state index in [9.17, 15) is 0 Å². The number of hydrogen-bond donors (Lipinski definition) is 1. The number of rotatable bonds is 2. The first-order valence-electron chi connectivity index (χ1n) is 4.08. The number of nitrogens with one attached hydrogen (secondary N) is 2. The molecule has 83 valence electrons. The zero-order valence-electron chi connectivity index (χ0n) is 8.40. The van der Waals surface area contributed by atoms with E-state index in [1.165, 1.54) is 0 Å². The predicted molar refractivity (Wildman–Crippen MR) is 61.7 cm³/mol. The molecule has 6 heteroatoms. The van der Waals surface area contributed by atoms with Crippen LogP contribution >= 0.6 is 20.3 Å². The van der Waals surface area contributed by atoms with Crippen LogP contribution in [0, 0.1) is 0 Å². The van der Waals surface area contributed by atoms with Gasteiger partial charge in [0.25, 0.3) is 5.82 Å². The standard InChI is InChI=1S/C8H14N2Si.2ClH.Co/c1-11(2,3)10-8-6-4-5-7-9-8;;;/h4-7H,1-3H3,(H,9,10);2*1H;/q;;;+2/p-1. The van der Waals surface area contributed by atoms with Gasteiger partial charge in [0, 0.05) is 6.07 Å². The fraction of sp³-hybridized carbons (Fsp3) is 0.375. The van der Waals surface area contributed by atoms with Crippen LogP contribution < -0.4 is 9.97 Å². The van der Waals surface area contributed by atoms with Gasteiger partial charge in [-0.2, -0.15) is 0 Å². The molecule has 0 aromatic carbocycles. The molecule has 0 aliphatic rings. The average molecular weight is 297 g/mol. The van der Waals surface area contributed by atoms with Crippen LogP contribution in [0.1, 0.15) is 0 Å². The summed E-state index contributed by atoms with van der Waals surface area (Å²) in [6, 6.07) is 6.06. The van der Waals surface area contributed by atoms with E-state index in [1.54, 1.807) is 0 Å². The van der Waals surface area contributed by atoms with Gasteiger partial charge in [0.1, 0.15) is 0 Å². The number of pyridine rings is 1. The molecule has 0 atom stereocenters. The summed E-state index contributed by atoms with van der Waals surface area (Å²) in [7, 11) is 8.29. The molecule has 0 amide bonds. The van der Waals surface area contributed by atoms with Crippen molar-refractivity contribution < 1.29 is 17.9 Å². The first-order chi connectivity index (χ1) is 6.49. The molecule has 1 aromatic rings. The SMILES string of the molecule is C[Si](C)(C)Nc1cccc[nH+]1.[Cl][Co][Cl]. The summed E-state index contributed by atoms with van der Waals surface area (Å²) < 4.78 is 0. The van der Waals surface area contributed by atoms with Crippen molar-refractivity contribution in [2.45, 2.75) is 19.6 Å². The number of H-pyrrole nitrogens is 1. The number of aromatic amines is 1. The van der Waals surface area contributed by atoms with Crippen molar-refractivity contribution in [2.75, 3.05) is 4.98 Å². The van der Waals surface area contributed by atoms with Crippen LogP contribution in [0.15, 0.2) is 24.4 Å². The molecular formula is C8H15Cl2CoN2Si+. The molecule has 0 fully saturated rings. The van der Waals surface area contributed by atoms with Crippen molar-refractivity contribution in [3.8, 4) is 0 Å². The quantitative estimate of drug-likeness (QED) is 0.834. The summed E-state index contributed by atoms with van der Waals surface area (Å²) >= 11 is 0.382. The van der Waals surface area contributed by atoms with Crippen LogP contribution in [0.4, 0.5) is 5.82 Å². The van der Waals surface area contributed by atoms with E-state index in [2.05, 4.69) is 35.7 Å². The topological polar surface area (TPSA) is 26.2 Å². The Kier molecular flexibility index (Phi) is 7.67. The molecule has 2 nitrogen and oxygen atoms in total. The van der Waals surface area contributed by atoms with Crippen molar-refractivity contribution in [2.24, 2.45) is 0 Å². The molecule has 2 N–H and O–H groups in total. The van der Waals surface area contributed by atoms with Gasteiger partial charge >= 0.3 is 33.2 Å². The van der Waals surface area contributed by atoms with E-state index in [0.29, 0.717) is 12.9 Å². The fourth-order valence-corrected chi connectivity index (χ4v) is 1.84. The van der Waals surface area contributed by atoms with Crippen LogP contribution in [0.25, 0.3) is 0 Å². The van der Waals surface area contributed by atoms with E-state index in [4.69, 9.17) is 20.3 Å². The predicted octanol–water partition coefficient (Wildman–Crippen LogP) is 3.12.